The summed E-state index contributed by atoms with van der Waals surface area (Å²) in [6, 6.07) is 16.0. The molecule has 0 bridgehead atoms. The molecule has 0 fully saturated rings. The van der Waals surface area contributed by atoms with E-state index in [1.54, 1.807) is 11.5 Å². The van der Waals surface area contributed by atoms with Gasteiger partial charge in [0.05, 0.1) is 16.8 Å². The number of amides is 1. The molecule has 0 aliphatic heterocycles. The van der Waals surface area contributed by atoms with Crippen LogP contribution in [0.2, 0.25) is 0 Å². The summed E-state index contributed by atoms with van der Waals surface area (Å²) >= 11 is 1.43. The normalized spacial score (nSPS) is 11.7. The number of aromatic nitrogens is 1. The SMILES string of the molecule is CCOC(=O)Cn1c(=NC(=O)CCc2ccccc2)sc2cc(CC)ccc21. The number of rotatable bonds is 7. The Morgan fingerprint density at radius 3 is 2.57 bits per heavy atom. The van der Waals surface area contributed by atoms with E-state index in [1.165, 1.54) is 16.9 Å². The van der Waals surface area contributed by atoms with Gasteiger partial charge >= 0.3 is 5.97 Å². The third-order valence-corrected chi connectivity index (χ3v) is 5.48. The lowest BCUT2D eigenvalue weighted by Gasteiger charge is -2.05. The van der Waals surface area contributed by atoms with Gasteiger partial charge in [-0.3, -0.25) is 9.59 Å². The van der Waals surface area contributed by atoms with Crippen LogP contribution in [0, 0.1) is 0 Å². The van der Waals surface area contributed by atoms with Crippen molar-refractivity contribution in [2.45, 2.75) is 39.7 Å². The van der Waals surface area contributed by atoms with Crippen molar-refractivity contribution >= 4 is 33.4 Å². The molecule has 0 radical (unpaired) electrons. The average molecular weight is 397 g/mol. The summed E-state index contributed by atoms with van der Waals surface area (Å²) in [6.45, 7) is 4.24. The van der Waals surface area contributed by atoms with E-state index in [2.05, 4.69) is 18.0 Å². The van der Waals surface area contributed by atoms with Gasteiger partial charge in [0, 0.05) is 6.42 Å². The van der Waals surface area contributed by atoms with Gasteiger partial charge in [0.15, 0.2) is 4.80 Å². The Morgan fingerprint density at radius 2 is 1.86 bits per heavy atom. The highest BCUT2D eigenvalue weighted by molar-refractivity contribution is 7.16. The first-order valence-corrected chi connectivity index (χ1v) is 10.3. The Labute approximate surface area is 168 Å². The fourth-order valence-corrected chi connectivity index (χ4v) is 4.08. The van der Waals surface area contributed by atoms with E-state index in [1.807, 2.05) is 42.5 Å². The summed E-state index contributed by atoms with van der Waals surface area (Å²) in [5, 5.41) is 0. The topological polar surface area (TPSA) is 60.7 Å². The molecule has 3 rings (SSSR count). The summed E-state index contributed by atoms with van der Waals surface area (Å²) in [7, 11) is 0. The Balaban J connectivity index is 1.91. The molecule has 0 aliphatic rings. The van der Waals surface area contributed by atoms with Crippen LogP contribution in [0.1, 0.15) is 31.4 Å². The van der Waals surface area contributed by atoms with Gasteiger partial charge in [0.1, 0.15) is 6.54 Å². The molecular formula is C22H24N2O3S. The van der Waals surface area contributed by atoms with E-state index in [4.69, 9.17) is 4.74 Å². The van der Waals surface area contributed by atoms with Gasteiger partial charge in [0.2, 0.25) is 5.91 Å². The second-order valence-electron chi connectivity index (χ2n) is 6.42. The van der Waals surface area contributed by atoms with Gasteiger partial charge < -0.3 is 9.30 Å². The minimum absolute atomic E-state index is 0.0457. The molecule has 0 atom stereocenters. The predicted octanol–water partition coefficient (Wildman–Crippen LogP) is 3.89. The van der Waals surface area contributed by atoms with Gasteiger partial charge in [-0.1, -0.05) is 54.7 Å². The first-order chi connectivity index (χ1) is 13.6. The average Bonchev–Trinajstić information content (AvgIpc) is 3.03. The lowest BCUT2D eigenvalue weighted by molar-refractivity contribution is -0.143. The van der Waals surface area contributed by atoms with Crippen molar-refractivity contribution < 1.29 is 14.3 Å². The standard InChI is InChI=1S/C22H24N2O3S/c1-3-16-10-12-18-19(14-16)28-22(24(18)15-21(26)27-4-2)23-20(25)13-11-17-8-6-5-7-9-17/h5-10,12,14H,3-4,11,13,15H2,1-2H3. The smallest absolute Gasteiger partial charge is 0.326 e. The van der Waals surface area contributed by atoms with E-state index in [0.717, 1.165) is 22.2 Å². The van der Waals surface area contributed by atoms with E-state index in [9.17, 15) is 9.59 Å². The van der Waals surface area contributed by atoms with Crippen molar-refractivity contribution in [1.82, 2.24) is 4.57 Å². The molecule has 1 amide bonds. The maximum absolute atomic E-state index is 12.5. The zero-order valence-corrected chi connectivity index (χ0v) is 17.0. The first kappa shape index (κ1) is 20.0. The molecule has 146 valence electrons. The van der Waals surface area contributed by atoms with Crippen molar-refractivity contribution in [3.63, 3.8) is 0 Å². The van der Waals surface area contributed by atoms with Crippen LogP contribution >= 0.6 is 11.3 Å². The van der Waals surface area contributed by atoms with Crippen LogP contribution in [0.15, 0.2) is 53.5 Å². The highest BCUT2D eigenvalue weighted by Crippen LogP contribution is 2.20. The number of carbonyl (C=O) groups excluding carboxylic acids is 2. The van der Waals surface area contributed by atoms with Crippen molar-refractivity contribution in [1.29, 1.82) is 0 Å². The monoisotopic (exact) mass is 396 g/mol. The molecule has 2 aromatic carbocycles. The Morgan fingerprint density at radius 1 is 1.07 bits per heavy atom. The third-order valence-electron chi connectivity index (χ3n) is 4.44. The molecule has 3 aromatic rings. The van der Waals surface area contributed by atoms with Crippen LogP contribution in [-0.2, 0) is 33.7 Å². The zero-order valence-electron chi connectivity index (χ0n) is 16.2. The number of carbonyl (C=O) groups is 2. The molecule has 0 aliphatic carbocycles. The molecule has 5 nitrogen and oxygen atoms in total. The number of esters is 1. The van der Waals surface area contributed by atoms with Crippen molar-refractivity contribution in [3.05, 3.63) is 64.5 Å². The van der Waals surface area contributed by atoms with E-state index < -0.39 is 0 Å². The Bertz CT molecular complexity index is 1030. The van der Waals surface area contributed by atoms with Gasteiger partial charge in [-0.05, 0) is 43.0 Å². The number of fused-ring (bicyclic) bond motifs is 1. The highest BCUT2D eigenvalue weighted by Gasteiger charge is 2.12. The number of thiazole rings is 1. The summed E-state index contributed by atoms with van der Waals surface area (Å²) in [6.07, 6.45) is 1.90. The molecule has 28 heavy (non-hydrogen) atoms. The maximum Gasteiger partial charge on any atom is 0.326 e. The van der Waals surface area contributed by atoms with Crippen LogP contribution < -0.4 is 4.80 Å². The van der Waals surface area contributed by atoms with Crippen LogP contribution in [0.5, 0.6) is 0 Å². The minimum atomic E-state index is -0.333. The van der Waals surface area contributed by atoms with Gasteiger partial charge in [-0.25, -0.2) is 0 Å². The van der Waals surface area contributed by atoms with Crippen LogP contribution in [0.25, 0.3) is 10.2 Å². The summed E-state index contributed by atoms with van der Waals surface area (Å²) in [4.78, 5) is 29.4. The molecule has 0 N–H and O–H groups in total. The molecule has 1 aromatic heterocycles. The second kappa shape index (κ2) is 9.46. The van der Waals surface area contributed by atoms with Gasteiger partial charge in [0.25, 0.3) is 0 Å². The van der Waals surface area contributed by atoms with E-state index in [-0.39, 0.29) is 18.4 Å². The molecule has 0 saturated carbocycles. The van der Waals surface area contributed by atoms with Gasteiger partial charge in [-0.2, -0.15) is 4.99 Å². The van der Waals surface area contributed by atoms with E-state index >= 15 is 0 Å². The number of aryl methyl sites for hydroxylation is 2. The molecule has 0 saturated heterocycles. The number of hydrogen-bond donors (Lipinski definition) is 0. The molecule has 0 spiro atoms. The fourth-order valence-electron chi connectivity index (χ4n) is 2.97. The summed E-state index contributed by atoms with van der Waals surface area (Å²) in [5.74, 6) is -0.524. The highest BCUT2D eigenvalue weighted by atomic mass is 32.1. The maximum atomic E-state index is 12.5. The van der Waals surface area contributed by atoms with Gasteiger partial charge in [-0.15, -0.1) is 0 Å². The number of nitrogens with zero attached hydrogens (tertiary/aromatic N) is 2. The quantitative estimate of drug-likeness (QED) is 0.569. The van der Waals surface area contributed by atoms with Crippen molar-refractivity contribution in [3.8, 4) is 0 Å². The van der Waals surface area contributed by atoms with E-state index in [0.29, 0.717) is 24.2 Å². The number of benzene rings is 2. The number of hydrogen-bond acceptors (Lipinski definition) is 4. The fraction of sp³-hybridized carbons (Fsp3) is 0.318. The van der Waals surface area contributed by atoms with Crippen LogP contribution in [-0.4, -0.2) is 23.1 Å². The molecule has 1 heterocycles. The lowest BCUT2D eigenvalue weighted by Crippen LogP contribution is -2.23. The number of ether oxygens (including phenoxy) is 1. The second-order valence-corrected chi connectivity index (χ2v) is 7.43. The first-order valence-electron chi connectivity index (χ1n) is 9.50. The van der Waals surface area contributed by atoms with Crippen LogP contribution in [0.3, 0.4) is 0 Å². The lowest BCUT2D eigenvalue weighted by atomic mass is 10.1. The molecular weight excluding hydrogens is 372 g/mol. The van der Waals surface area contributed by atoms with Crippen molar-refractivity contribution in [2.75, 3.05) is 6.61 Å². The minimum Gasteiger partial charge on any atom is -0.465 e. The Kier molecular flexibility index (Phi) is 6.76. The summed E-state index contributed by atoms with van der Waals surface area (Å²) < 4.78 is 7.88. The molecule has 0 unspecified atom stereocenters. The summed E-state index contributed by atoms with van der Waals surface area (Å²) in [5.41, 5.74) is 3.21. The Hall–Kier alpha value is -2.73. The van der Waals surface area contributed by atoms with Crippen molar-refractivity contribution in [2.24, 2.45) is 4.99 Å². The predicted molar refractivity (Wildman–Crippen MR) is 111 cm³/mol. The van der Waals surface area contributed by atoms with Crippen LogP contribution in [0.4, 0.5) is 0 Å². The molecule has 6 heteroatoms. The largest absolute Gasteiger partial charge is 0.465 e. The zero-order chi connectivity index (χ0) is 19.9. The third kappa shape index (κ3) is 4.95.